The molecule has 3 rings (SSSR count). The molecule has 0 bridgehead atoms. The number of hydrogen-bond donors (Lipinski definition) is 0. The maximum Gasteiger partial charge on any atom is 0.340 e. The average molecular weight is 485 g/mol. The van der Waals surface area contributed by atoms with Gasteiger partial charge in [-0.05, 0) is 79.8 Å². The Morgan fingerprint density at radius 2 is 1.40 bits per heavy atom. The zero-order valence-electron chi connectivity index (χ0n) is 21.3. The van der Waals surface area contributed by atoms with Crippen molar-refractivity contribution < 1.29 is 23.4 Å². The second-order valence-electron chi connectivity index (χ2n) is 9.60. The standard InChI is InChI=1S/C30H41FO4/c1-3-5-7-21-33-26-17-11-24(12-18-26)25-13-19-27(20-14-25)34-22-23-9-15-28(16-10-23)35-30(32)29(31)8-6-4-2/h11-14,17-20,23,28-29H,3-10,15-16,21-22H2,1-2H3/t23-,28-,29-/m0/s1. The van der Waals surface area contributed by atoms with Gasteiger partial charge in [0.05, 0.1) is 13.2 Å². The van der Waals surface area contributed by atoms with Crippen molar-refractivity contribution in [2.45, 2.75) is 90.3 Å². The van der Waals surface area contributed by atoms with Gasteiger partial charge in [0.1, 0.15) is 17.6 Å². The number of alkyl halides is 1. The molecule has 192 valence electrons. The van der Waals surface area contributed by atoms with Crippen LogP contribution in [0.25, 0.3) is 11.1 Å². The van der Waals surface area contributed by atoms with E-state index in [9.17, 15) is 9.18 Å². The molecule has 1 atom stereocenters. The fraction of sp³-hybridized carbons (Fsp3) is 0.567. The first-order valence-electron chi connectivity index (χ1n) is 13.4. The highest BCUT2D eigenvalue weighted by Gasteiger charge is 2.27. The smallest absolute Gasteiger partial charge is 0.340 e. The first-order chi connectivity index (χ1) is 17.1. The van der Waals surface area contributed by atoms with Crippen molar-refractivity contribution in [2.75, 3.05) is 13.2 Å². The number of ether oxygens (including phenoxy) is 3. The molecule has 0 radical (unpaired) electrons. The molecule has 35 heavy (non-hydrogen) atoms. The van der Waals surface area contributed by atoms with Gasteiger partial charge in [0.2, 0.25) is 0 Å². The minimum atomic E-state index is -1.49. The van der Waals surface area contributed by atoms with Gasteiger partial charge in [-0.3, -0.25) is 0 Å². The predicted molar refractivity (Wildman–Crippen MR) is 139 cm³/mol. The second kappa shape index (κ2) is 14.8. The van der Waals surface area contributed by atoms with Crippen LogP contribution in [0, 0.1) is 5.92 Å². The lowest BCUT2D eigenvalue weighted by atomic mass is 9.88. The zero-order chi connectivity index (χ0) is 24.9. The number of carbonyl (C=O) groups is 1. The molecule has 0 spiro atoms. The van der Waals surface area contributed by atoms with E-state index in [0.29, 0.717) is 18.9 Å². The lowest BCUT2D eigenvalue weighted by molar-refractivity contribution is -0.157. The van der Waals surface area contributed by atoms with E-state index in [1.807, 2.05) is 31.2 Å². The maximum atomic E-state index is 13.8. The van der Waals surface area contributed by atoms with Crippen molar-refractivity contribution in [2.24, 2.45) is 5.92 Å². The molecular formula is C30H41FO4. The van der Waals surface area contributed by atoms with Gasteiger partial charge in [-0.1, -0.05) is 63.8 Å². The highest BCUT2D eigenvalue weighted by Crippen LogP contribution is 2.29. The fourth-order valence-corrected chi connectivity index (χ4v) is 4.40. The van der Waals surface area contributed by atoms with Crippen LogP contribution in [0.5, 0.6) is 11.5 Å². The predicted octanol–water partition coefficient (Wildman–Crippen LogP) is 7.93. The fourth-order valence-electron chi connectivity index (χ4n) is 4.40. The molecule has 1 saturated carbocycles. The molecule has 0 N–H and O–H groups in total. The molecule has 5 heteroatoms. The highest BCUT2D eigenvalue weighted by atomic mass is 19.1. The second-order valence-corrected chi connectivity index (χ2v) is 9.60. The van der Waals surface area contributed by atoms with E-state index in [-0.39, 0.29) is 12.5 Å². The summed E-state index contributed by atoms with van der Waals surface area (Å²) in [6.45, 7) is 5.59. The number of halogens is 1. The summed E-state index contributed by atoms with van der Waals surface area (Å²) in [6.07, 6.45) is 7.09. The monoisotopic (exact) mass is 484 g/mol. The van der Waals surface area contributed by atoms with Gasteiger partial charge >= 0.3 is 5.97 Å². The Bertz CT molecular complexity index is 857. The summed E-state index contributed by atoms with van der Waals surface area (Å²) in [7, 11) is 0. The molecule has 2 aromatic carbocycles. The van der Waals surface area contributed by atoms with Crippen LogP contribution in [0.1, 0.15) is 78.1 Å². The van der Waals surface area contributed by atoms with E-state index >= 15 is 0 Å². The lowest BCUT2D eigenvalue weighted by Crippen LogP contribution is -2.30. The van der Waals surface area contributed by atoms with Gasteiger partial charge < -0.3 is 14.2 Å². The molecule has 4 nitrogen and oxygen atoms in total. The van der Waals surface area contributed by atoms with Crippen LogP contribution >= 0.6 is 0 Å². The number of unbranched alkanes of at least 4 members (excludes halogenated alkanes) is 3. The van der Waals surface area contributed by atoms with E-state index in [1.54, 1.807) is 0 Å². The molecule has 0 heterocycles. The minimum Gasteiger partial charge on any atom is -0.494 e. The van der Waals surface area contributed by atoms with Gasteiger partial charge in [0, 0.05) is 0 Å². The Morgan fingerprint density at radius 3 is 1.97 bits per heavy atom. The Kier molecular flexibility index (Phi) is 11.4. The van der Waals surface area contributed by atoms with E-state index in [2.05, 4.69) is 31.2 Å². The molecule has 1 fully saturated rings. The highest BCUT2D eigenvalue weighted by molar-refractivity contribution is 5.74. The van der Waals surface area contributed by atoms with Crippen molar-refractivity contribution in [1.29, 1.82) is 0 Å². The van der Waals surface area contributed by atoms with Crippen molar-refractivity contribution in [3.05, 3.63) is 48.5 Å². The molecule has 1 aliphatic carbocycles. The van der Waals surface area contributed by atoms with E-state index in [1.165, 1.54) is 12.8 Å². The van der Waals surface area contributed by atoms with Gasteiger partial charge in [0.25, 0.3) is 0 Å². The quantitative estimate of drug-likeness (QED) is 0.202. The van der Waals surface area contributed by atoms with Gasteiger partial charge in [-0.2, -0.15) is 0 Å². The first kappa shape index (κ1) is 27.0. The first-order valence-corrected chi connectivity index (χ1v) is 13.4. The van der Waals surface area contributed by atoms with Crippen LogP contribution in [0.3, 0.4) is 0 Å². The number of rotatable bonds is 14. The van der Waals surface area contributed by atoms with Crippen molar-refractivity contribution >= 4 is 5.97 Å². The third kappa shape index (κ3) is 9.19. The van der Waals surface area contributed by atoms with Gasteiger partial charge in [0.15, 0.2) is 6.17 Å². The van der Waals surface area contributed by atoms with E-state index < -0.39 is 12.1 Å². The summed E-state index contributed by atoms with van der Waals surface area (Å²) in [4.78, 5) is 11.9. The summed E-state index contributed by atoms with van der Waals surface area (Å²) in [5.74, 6) is 1.51. The molecule has 0 aromatic heterocycles. The summed E-state index contributed by atoms with van der Waals surface area (Å²) in [5.41, 5.74) is 2.29. The zero-order valence-corrected chi connectivity index (χ0v) is 21.3. The molecular weight excluding hydrogens is 443 g/mol. The summed E-state index contributed by atoms with van der Waals surface area (Å²) in [5, 5.41) is 0. The van der Waals surface area contributed by atoms with Crippen LogP contribution in [0.15, 0.2) is 48.5 Å². The van der Waals surface area contributed by atoms with Crippen LogP contribution < -0.4 is 9.47 Å². The van der Waals surface area contributed by atoms with Crippen molar-refractivity contribution in [3.8, 4) is 22.6 Å². The third-order valence-corrected chi connectivity index (χ3v) is 6.69. The Hall–Kier alpha value is -2.56. The average Bonchev–Trinajstić information content (AvgIpc) is 2.90. The van der Waals surface area contributed by atoms with Crippen LogP contribution in [-0.2, 0) is 9.53 Å². The largest absolute Gasteiger partial charge is 0.494 e. The summed E-state index contributed by atoms with van der Waals surface area (Å²) in [6, 6.07) is 16.4. The Balaban J connectivity index is 1.37. The molecule has 0 unspecified atom stereocenters. The Labute approximate surface area is 210 Å². The SMILES string of the molecule is CCCCCOc1ccc(-c2ccc(OC[C@H]3CC[C@H](OC(=O)[C@@H](F)CCCC)CC3)cc2)cc1. The van der Waals surface area contributed by atoms with Crippen molar-refractivity contribution in [3.63, 3.8) is 0 Å². The van der Waals surface area contributed by atoms with Crippen molar-refractivity contribution in [1.82, 2.24) is 0 Å². The molecule has 0 amide bonds. The molecule has 1 aliphatic rings. The minimum absolute atomic E-state index is 0.161. The maximum absolute atomic E-state index is 13.8. The molecule has 0 saturated heterocycles. The number of carbonyl (C=O) groups excluding carboxylic acids is 1. The van der Waals surface area contributed by atoms with Gasteiger partial charge in [-0.15, -0.1) is 0 Å². The topological polar surface area (TPSA) is 44.8 Å². The number of esters is 1. The summed E-state index contributed by atoms with van der Waals surface area (Å²) < 4.78 is 31.1. The number of benzene rings is 2. The molecule has 0 aliphatic heterocycles. The van der Waals surface area contributed by atoms with Crippen LogP contribution in [0.4, 0.5) is 4.39 Å². The van der Waals surface area contributed by atoms with E-state index in [0.717, 1.165) is 67.8 Å². The normalized spacial score (nSPS) is 18.6. The number of hydrogen-bond acceptors (Lipinski definition) is 4. The Morgan fingerprint density at radius 1 is 0.829 bits per heavy atom. The van der Waals surface area contributed by atoms with Crippen LogP contribution in [0.2, 0.25) is 0 Å². The third-order valence-electron chi connectivity index (χ3n) is 6.69. The lowest BCUT2D eigenvalue weighted by Gasteiger charge is -2.28. The van der Waals surface area contributed by atoms with E-state index in [4.69, 9.17) is 14.2 Å². The summed E-state index contributed by atoms with van der Waals surface area (Å²) >= 11 is 0. The van der Waals surface area contributed by atoms with Crippen LogP contribution in [-0.4, -0.2) is 31.5 Å². The van der Waals surface area contributed by atoms with Gasteiger partial charge in [-0.25, -0.2) is 9.18 Å². The molecule has 2 aromatic rings.